The number of phenols is 1. The van der Waals surface area contributed by atoms with Gasteiger partial charge in [0.15, 0.2) is 0 Å². The topological polar surface area (TPSA) is 66.6 Å². The van der Waals surface area contributed by atoms with Gasteiger partial charge in [0, 0.05) is 34.5 Å². The van der Waals surface area contributed by atoms with Crippen LogP contribution in [0, 0.1) is 0 Å². The Morgan fingerprint density at radius 2 is 2.04 bits per heavy atom. The summed E-state index contributed by atoms with van der Waals surface area (Å²) in [6, 6.07) is 15.4. The molecule has 5 nitrogen and oxygen atoms in total. The van der Waals surface area contributed by atoms with Crippen molar-refractivity contribution in [1.82, 2.24) is 9.99 Å². The molecule has 0 radical (unpaired) electrons. The third-order valence-electron chi connectivity index (χ3n) is 4.35. The average Bonchev–Trinajstić information content (AvgIpc) is 3.28. The molecule has 0 atom stereocenters. The molecule has 0 aliphatic carbocycles. The first-order chi connectivity index (χ1) is 12.7. The fraction of sp³-hybridized carbons (Fsp3) is 0.100. The van der Waals surface area contributed by atoms with Crippen LogP contribution in [0.1, 0.15) is 22.2 Å². The van der Waals surface area contributed by atoms with E-state index in [-0.39, 0.29) is 11.7 Å². The first-order valence-corrected chi connectivity index (χ1v) is 9.18. The van der Waals surface area contributed by atoms with Crippen LogP contribution < -0.4 is 5.43 Å². The molecule has 2 heterocycles. The van der Waals surface area contributed by atoms with Crippen molar-refractivity contribution >= 4 is 45.3 Å². The maximum atomic E-state index is 11.9. The summed E-state index contributed by atoms with van der Waals surface area (Å²) < 4.78 is 2.17. The molecule has 26 heavy (non-hydrogen) atoms. The van der Waals surface area contributed by atoms with Crippen molar-refractivity contribution < 1.29 is 9.90 Å². The monoisotopic (exact) mass is 363 g/mol. The molecular weight excluding hydrogens is 346 g/mol. The second kappa shape index (κ2) is 6.65. The highest BCUT2D eigenvalue weighted by molar-refractivity contribution is 7.12. The molecule has 130 valence electrons. The predicted octanol–water partition coefficient (Wildman–Crippen LogP) is 4.35. The number of hydrogen-bond donors (Lipinski definition) is 2. The number of aryl methyl sites for hydroxylation is 1. The van der Waals surface area contributed by atoms with Gasteiger partial charge < -0.3 is 9.67 Å². The van der Waals surface area contributed by atoms with Crippen molar-refractivity contribution in [2.45, 2.75) is 13.5 Å². The molecule has 0 bridgehead atoms. The number of carbonyl (C=O) groups is 1. The van der Waals surface area contributed by atoms with E-state index in [1.165, 1.54) is 17.6 Å². The Morgan fingerprint density at radius 1 is 1.19 bits per heavy atom. The molecule has 0 unspecified atom stereocenters. The van der Waals surface area contributed by atoms with Crippen molar-refractivity contribution in [2.75, 3.05) is 0 Å². The number of nitrogens with one attached hydrogen (secondary N) is 1. The second-order valence-electron chi connectivity index (χ2n) is 5.87. The van der Waals surface area contributed by atoms with E-state index in [2.05, 4.69) is 34.2 Å². The van der Waals surface area contributed by atoms with E-state index in [1.807, 2.05) is 29.6 Å². The number of para-hydroxylation sites is 1. The van der Waals surface area contributed by atoms with Gasteiger partial charge in [0.05, 0.1) is 16.6 Å². The number of rotatable bonds is 4. The van der Waals surface area contributed by atoms with Crippen LogP contribution in [0.4, 0.5) is 0 Å². The third-order valence-corrected chi connectivity index (χ3v) is 5.22. The summed E-state index contributed by atoms with van der Waals surface area (Å²) in [5.41, 5.74) is 5.15. The standard InChI is InChI=1S/C20H17N3O2S/c1-2-23-16-7-4-3-6-14(16)15-10-13(18(24)11-17(15)23)12-21-22-20(25)19-8-5-9-26-19/h3-12,24H,2H2,1H3,(H,22,25)/b21-12+. The number of hydrazone groups is 1. The number of amides is 1. The van der Waals surface area contributed by atoms with Crippen LogP contribution in [0.5, 0.6) is 5.75 Å². The van der Waals surface area contributed by atoms with Crippen molar-refractivity contribution in [2.24, 2.45) is 5.10 Å². The summed E-state index contributed by atoms with van der Waals surface area (Å²) in [5, 5.41) is 18.4. The first-order valence-electron chi connectivity index (χ1n) is 8.30. The van der Waals surface area contributed by atoms with Gasteiger partial charge in [-0.1, -0.05) is 24.3 Å². The lowest BCUT2D eigenvalue weighted by Crippen LogP contribution is -2.16. The molecular formula is C20H17N3O2S. The number of carbonyl (C=O) groups excluding carboxylic acids is 1. The minimum atomic E-state index is -0.264. The van der Waals surface area contributed by atoms with Gasteiger partial charge in [-0.3, -0.25) is 4.79 Å². The summed E-state index contributed by atoms with van der Waals surface area (Å²) >= 11 is 1.35. The second-order valence-corrected chi connectivity index (χ2v) is 6.81. The van der Waals surface area contributed by atoms with E-state index in [9.17, 15) is 9.90 Å². The van der Waals surface area contributed by atoms with Crippen LogP contribution in [-0.2, 0) is 6.54 Å². The van der Waals surface area contributed by atoms with Crippen LogP contribution in [0.2, 0.25) is 0 Å². The molecule has 0 saturated heterocycles. The van der Waals surface area contributed by atoms with Gasteiger partial charge in [-0.2, -0.15) is 5.10 Å². The zero-order valence-corrected chi connectivity index (χ0v) is 15.0. The van der Waals surface area contributed by atoms with Crippen LogP contribution in [-0.4, -0.2) is 21.8 Å². The van der Waals surface area contributed by atoms with Crippen molar-refractivity contribution in [1.29, 1.82) is 0 Å². The molecule has 0 spiro atoms. The Labute approximate surface area is 154 Å². The number of benzene rings is 2. The number of thiophene rings is 1. The Kier molecular flexibility index (Phi) is 4.18. The molecule has 4 aromatic rings. The van der Waals surface area contributed by atoms with Gasteiger partial charge in [-0.25, -0.2) is 5.43 Å². The highest BCUT2D eigenvalue weighted by Gasteiger charge is 2.12. The van der Waals surface area contributed by atoms with E-state index in [1.54, 1.807) is 12.1 Å². The van der Waals surface area contributed by atoms with Gasteiger partial charge in [-0.05, 0) is 30.5 Å². The molecule has 2 aromatic heterocycles. The largest absolute Gasteiger partial charge is 0.507 e. The van der Waals surface area contributed by atoms with Gasteiger partial charge >= 0.3 is 0 Å². The van der Waals surface area contributed by atoms with E-state index < -0.39 is 0 Å². The summed E-state index contributed by atoms with van der Waals surface area (Å²) in [6.45, 7) is 2.90. The Balaban J connectivity index is 1.72. The minimum Gasteiger partial charge on any atom is -0.507 e. The molecule has 4 rings (SSSR count). The van der Waals surface area contributed by atoms with Crippen molar-refractivity contribution in [3.63, 3.8) is 0 Å². The van der Waals surface area contributed by atoms with Gasteiger partial charge in [-0.15, -0.1) is 11.3 Å². The zero-order valence-electron chi connectivity index (χ0n) is 14.1. The highest BCUT2D eigenvalue weighted by Crippen LogP contribution is 2.32. The first kappa shape index (κ1) is 16.4. The lowest BCUT2D eigenvalue weighted by Gasteiger charge is -2.04. The SMILES string of the molecule is CCn1c2ccccc2c2cc(/C=N/NC(=O)c3cccs3)c(O)cc21. The lowest BCUT2D eigenvalue weighted by atomic mass is 10.1. The molecule has 2 aromatic carbocycles. The normalized spacial score (nSPS) is 11.6. The zero-order chi connectivity index (χ0) is 18.1. The number of aromatic hydroxyl groups is 1. The quantitative estimate of drug-likeness (QED) is 0.418. The maximum Gasteiger partial charge on any atom is 0.281 e. The Hall–Kier alpha value is -3.12. The fourth-order valence-corrected chi connectivity index (χ4v) is 3.78. The van der Waals surface area contributed by atoms with E-state index in [0.717, 1.165) is 28.4 Å². The van der Waals surface area contributed by atoms with Crippen molar-refractivity contribution in [3.8, 4) is 5.75 Å². The van der Waals surface area contributed by atoms with Crippen molar-refractivity contribution in [3.05, 3.63) is 64.4 Å². The smallest absolute Gasteiger partial charge is 0.281 e. The number of hydrogen-bond acceptors (Lipinski definition) is 4. The maximum absolute atomic E-state index is 11.9. The summed E-state index contributed by atoms with van der Waals surface area (Å²) in [5.74, 6) is -0.136. The molecule has 0 aliphatic heterocycles. The molecule has 0 saturated carbocycles. The molecule has 6 heteroatoms. The highest BCUT2D eigenvalue weighted by atomic mass is 32.1. The summed E-state index contributed by atoms with van der Waals surface area (Å²) in [6.07, 6.45) is 1.47. The van der Waals surface area contributed by atoms with Gasteiger partial charge in [0.25, 0.3) is 5.91 Å². The summed E-state index contributed by atoms with van der Waals surface area (Å²) in [4.78, 5) is 12.5. The molecule has 0 fully saturated rings. The minimum absolute atomic E-state index is 0.129. The van der Waals surface area contributed by atoms with Gasteiger partial charge in [0.2, 0.25) is 0 Å². The van der Waals surface area contributed by atoms with Crippen LogP contribution in [0.15, 0.2) is 59.0 Å². The molecule has 2 N–H and O–H groups in total. The predicted molar refractivity (Wildman–Crippen MR) is 106 cm³/mol. The average molecular weight is 363 g/mol. The van der Waals surface area contributed by atoms with Gasteiger partial charge in [0.1, 0.15) is 5.75 Å². The fourth-order valence-electron chi connectivity index (χ4n) is 3.17. The Bertz CT molecular complexity index is 1130. The molecule has 1 amide bonds. The van der Waals surface area contributed by atoms with Crippen LogP contribution in [0.25, 0.3) is 21.8 Å². The number of fused-ring (bicyclic) bond motifs is 3. The summed E-state index contributed by atoms with van der Waals surface area (Å²) in [7, 11) is 0. The van der Waals surface area contributed by atoms with E-state index in [4.69, 9.17) is 0 Å². The van der Waals surface area contributed by atoms with Crippen LogP contribution >= 0.6 is 11.3 Å². The number of nitrogens with zero attached hydrogens (tertiary/aromatic N) is 2. The van der Waals surface area contributed by atoms with Crippen LogP contribution in [0.3, 0.4) is 0 Å². The number of phenolic OH excluding ortho intramolecular Hbond substituents is 1. The number of aromatic nitrogens is 1. The van der Waals surface area contributed by atoms with E-state index >= 15 is 0 Å². The Morgan fingerprint density at radius 3 is 2.81 bits per heavy atom. The van der Waals surface area contributed by atoms with E-state index in [0.29, 0.717) is 10.4 Å². The lowest BCUT2D eigenvalue weighted by molar-refractivity contribution is 0.0959. The third kappa shape index (κ3) is 2.74. The molecule has 0 aliphatic rings.